The molecule has 0 bridgehead atoms. The predicted octanol–water partition coefficient (Wildman–Crippen LogP) is 3.49. The monoisotopic (exact) mass is 686 g/mol. The molecule has 4 aromatic rings. The fourth-order valence-corrected chi connectivity index (χ4v) is 5.29. The van der Waals surface area contributed by atoms with Crippen LogP contribution in [0, 0.1) is 17.6 Å². The molecule has 0 saturated carbocycles. The third-order valence-corrected chi connectivity index (χ3v) is 7.72. The Kier molecular flexibility index (Phi) is 9.20. The highest BCUT2D eigenvalue weighted by atomic mass is 35.5. The number of ether oxygens (including phenoxy) is 2. The van der Waals surface area contributed by atoms with Gasteiger partial charge in [0.2, 0.25) is 17.8 Å². The van der Waals surface area contributed by atoms with Crippen LogP contribution >= 0.6 is 11.6 Å². The average molecular weight is 687 g/mol. The van der Waals surface area contributed by atoms with Crippen LogP contribution in [-0.2, 0) is 19.1 Å². The molecule has 14 nitrogen and oxygen atoms in total. The zero-order valence-electron chi connectivity index (χ0n) is 24.8. The first-order valence-electron chi connectivity index (χ1n) is 14.5. The number of benzene rings is 2. The number of halogens is 4. The third-order valence-electron chi connectivity index (χ3n) is 7.53. The zero-order chi connectivity index (χ0) is 33.9. The van der Waals surface area contributed by atoms with Crippen molar-refractivity contribution in [1.82, 2.24) is 29.7 Å². The normalized spacial score (nSPS) is 17.4. The predicted molar refractivity (Wildman–Crippen MR) is 162 cm³/mol. The van der Waals surface area contributed by atoms with Crippen LogP contribution in [0.4, 0.5) is 34.1 Å². The summed E-state index contributed by atoms with van der Waals surface area (Å²) in [6, 6.07) is 8.14. The van der Waals surface area contributed by atoms with Crippen molar-refractivity contribution in [2.24, 2.45) is 0 Å². The van der Waals surface area contributed by atoms with Gasteiger partial charge in [-0.25, -0.2) is 28.3 Å². The summed E-state index contributed by atoms with van der Waals surface area (Å²) in [5, 5.41) is 5.41. The molecular weight excluding hydrogens is 661 g/mol. The molecule has 2 aliphatic rings. The highest BCUT2D eigenvalue weighted by Crippen LogP contribution is 2.27. The van der Waals surface area contributed by atoms with Gasteiger partial charge in [0.05, 0.1) is 55.1 Å². The lowest BCUT2D eigenvalue weighted by Gasteiger charge is -2.15. The zero-order valence-corrected chi connectivity index (χ0v) is 25.6. The van der Waals surface area contributed by atoms with Crippen molar-refractivity contribution >= 4 is 47.0 Å². The van der Waals surface area contributed by atoms with E-state index in [4.69, 9.17) is 21.1 Å². The van der Waals surface area contributed by atoms with Crippen molar-refractivity contribution in [3.05, 3.63) is 84.2 Å². The van der Waals surface area contributed by atoms with Crippen molar-refractivity contribution < 1.29 is 41.8 Å². The summed E-state index contributed by atoms with van der Waals surface area (Å²) in [6.07, 6.45) is 1.73. The Balaban J connectivity index is 0.912. The SMILES string of the molecule is O=C(CCC(=O)NC[C@H]1CN(c2ccc(-n3cnc(Cl)c3)c(F)c2)C(=O)O1)NC[C@H]1CN(c2ccc(-n3cnc(F)c3)c(F)c2)C(=O)O1. The van der Waals surface area contributed by atoms with Gasteiger partial charge in [0.25, 0.3) is 0 Å². The van der Waals surface area contributed by atoms with Crippen LogP contribution < -0.4 is 20.4 Å². The summed E-state index contributed by atoms with van der Waals surface area (Å²) in [6.45, 7) is 0.0355. The number of carbonyl (C=O) groups excluding carboxylic acids is 4. The largest absolute Gasteiger partial charge is 0.442 e. The maximum absolute atomic E-state index is 14.7. The number of anilines is 2. The van der Waals surface area contributed by atoms with Gasteiger partial charge >= 0.3 is 12.2 Å². The van der Waals surface area contributed by atoms with E-state index < -0.39 is 53.8 Å². The van der Waals surface area contributed by atoms with Crippen LogP contribution in [-0.4, -0.2) is 81.5 Å². The van der Waals surface area contributed by atoms with E-state index in [0.29, 0.717) is 0 Å². The number of nitrogens with one attached hydrogen (secondary N) is 2. The second kappa shape index (κ2) is 13.6. The second-order valence-electron chi connectivity index (χ2n) is 10.8. The second-order valence-corrected chi connectivity index (χ2v) is 11.2. The third kappa shape index (κ3) is 7.20. The van der Waals surface area contributed by atoms with Gasteiger partial charge in [-0.3, -0.25) is 19.4 Å². The van der Waals surface area contributed by atoms with E-state index in [0.717, 1.165) is 23.2 Å². The van der Waals surface area contributed by atoms with Gasteiger partial charge in [0, 0.05) is 19.0 Å². The molecule has 2 aliphatic heterocycles. The molecule has 0 radical (unpaired) electrons. The van der Waals surface area contributed by atoms with E-state index >= 15 is 0 Å². The summed E-state index contributed by atoms with van der Waals surface area (Å²) < 4.78 is 55.7. The molecule has 48 heavy (non-hydrogen) atoms. The minimum atomic E-state index is -0.771. The van der Waals surface area contributed by atoms with Crippen molar-refractivity contribution in [3.63, 3.8) is 0 Å². The first kappa shape index (κ1) is 32.4. The molecule has 2 aromatic carbocycles. The van der Waals surface area contributed by atoms with Gasteiger partial charge in [-0.05, 0) is 36.4 Å². The van der Waals surface area contributed by atoms with E-state index in [1.807, 2.05) is 0 Å². The summed E-state index contributed by atoms with van der Waals surface area (Å²) >= 11 is 5.80. The average Bonchev–Trinajstić information content (AvgIpc) is 3.85. The van der Waals surface area contributed by atoms with E-state index in [1.54, 1.807) is 6.07 Å². The lowest BCUT2D eigenvalue weighted by atomic mass is 10.2. The molecule has 6 rings (SSSR count). The molecule has 0 aliphatic carbocycles. The number of aromatic nitrogens is 4. The van der Waals surface area contributed by atoms with Crippen LogP contribution in [0.25, 0.3) is 11.4 Å². The highest BCUT2D eigenvalue weighted by molar-refractivity contribution is 6.29. The number of hydrogen-bond donors (Lipinski definition) is 2. The summed E-state index contributed by atoms with van der Waals surface area (Å²) in [5.74, 6) is -3.02. The van der Waals surface area contributed by atoms with Crippen LogP contribution in [0.15, 0.2) is 61.4 Å². The van der Waals surface area contributed by atoms with E-state index in [2.05, 4.69) is 20.6 Å². The van der Waals surface area contributed by atoms with Gasteiger partial charge in [-0.15, -0.1) is 0 Å². The first-order chi connectivity index (χ1) is 23.0. The quantitative estimate of drug-likeness (QED) is 0.243. The Morgan fingerprint density at radius 3 is 1.67 bits per heavy atom. The Morgan fingerprint density at radius 1 is 0.771 bits per heavy atom. The number of amides is 4. The van der Waals surface area contributed by atoms with Crippen molar-refractivity contribution in [1.29, 1.82) is 0 Å². The molecule has 2 saturated heterocycles. The smallest absolute Gasteiger partial charge is 0.414 e. The van der Waals surface area contributed by atoms with Gasteiger partial charge in [-0.2, -0.15) is 4.39 Å². The summed E-state index contributed by atoms with van der Waals surface area (Å²) in [5.41, 5.74) is 0.709. The molecule has 0 spiro atoms. The fourth-order valence-electron chi connectivity index (χ4n) is 5.14. The number of rotatable bonds is 11. The molecule has 250 valence electrons. The van der Waals surface area contributed by atoms with Gasteiger partial charge in [0.1, 0.15) is 41.7 Å². The van der Waals surface area contributed by atoms with Crippen LogP contribution in [0.3, 0.4) is 0 Å². The number of nitrogens with zero attached hydrogens (tertiary/aromatic N) is 6. The fraction of sp³-hybridized carbons (Fsp3) is 0.267. The Labute approximate surface area is 275 Å². The minimum absolute atomic E-state index is 0.0224. The number of hydrogen-bond acceptors (Lipinski definition) is 8. The molecule has 4 amide bonds. The number of imidazole rings is 2. The Hall–Kier alpha value is -5.58. The molecule has 4 heterocycles. The maximum Gasteiger partial charge on any atom is 0.414 e. The van der Waals surface area contributed by atoms with E-state index in [-0.39, 0.29) is 66.9 Å². The number of cyclic esters (lactones) is 2. The molecule has 2 fully saturated rings. The topological polar surface area (TPSA) is 153 Å². The molecule has 18 heteroatoms. The lowest BCUT2D eigenvalue weighted by Crippen LogP contribution is -2.37. The van der Waals surface area contributed by atoms with Crippen LogP contribution in [0.1, 0.15) is 12.8 Å². The van der Waals surface area contributed by atoms with Crippen LogP contribution in [0.2, 0.25) is 5.15 Å². The van der Waals surface area contributed by atoms with E-state index in [9.17, 15) is 32.3 Å². The molecular formula is C30H26ClF3N8O6. The van der Waals surface area contributed by atoms with Crippen LogP contribution in [0.5, 0.6) is 0 Å². The van der Waals surface area contributed by atoms with Crippen molar-refractivity contribution in [3.8, 4) is 11.4 Å². The molecule has 2 atom stereocenters. The standard InChI is InChI=1S/C30H26ClF3N8O6/c31-25-13-39(15-37-25)23-3-1-17(7-21(23)32)41-11-19(47-29(41)45)9-35-27(43)5-6-28(44)36-10-20-12-42(30(46)48-20)18-2-4-24(22(33)8-18)40-14-26(34)38-16-40/h1-4,7-8,13-16,19-20H,5-6,9-12H2,(H,35,43)(H,36,44)/t19-,20-/m0/s1. The Bertz CT molecular complexity index is 1750. The summed E-state index contributed by atoms with van der Waals surface area (Å²) in [4.78, 5) is 59.2. The molecule has 2 aromatic heterocycles. The molecule has 2 N–H and O–H groups in total. The van der Waals surface area contributed by atoms with Gasteiger partial charge in [0.15, 0.2) is 0 Å². The highest BCUT2D eigenvalue weighted by Gasteiger charge is 2.34. The molecule has 0 unspecified atom stereocenters. The maximum atomic E-state index is 14.7. The minimum Gasteiger partial charge on any atom is -0.442 e. The van der Waals surface area contributed by atoms with Gasteiger partial charge < -0.3 is 29.2 Å². The first-order valence-corrected chi connectivity index (χ1v) is 14.9. The van der Waals surface area contributed by atoms with E-state index in [1.165, 1.54) is 51.2 Å². The summed E-state index contributed by atoms with van der Waals surface area (Å²) in [7, 11) is 0. The number of carbonyl (C=O) groups is 4. The lowest BCUT2D eigenvalue weighted by molar-refractivity contribution is -0.126. The van der Waals surface area contributed by atoms with Gasteiger partial charge in [-0.1, -0.05) is 11.6 Å². The van der Waals surface area contributed by atoms with Crippen molar-refractivity contribution in [2.75, 3.05) is 36.0 Å². The van der Waals surface area contributed by atoms with Crippen molar-refractivity contribution in [2.45, 2.75) is 25.0 Å². The Morgan fingerprint density at radius 2 is 1.25 bits per heavy atom.